The van der Waals surface area contributed by atoms with E-state index in [4.69, 9.17) is 4.84 Å². The zero-order valence-corrected chi connectivity index (χ0v) is 15.2. The number of oxime groups is 1. The molecule has 0 aromatic heterocycles. The number of allylic oxidation sites excluding steroid dienone is 2. The van der Waals surface area contributed by atoms with Crippen LogP contribution in [0.1, 0.15) is 58.3 Å². The smallest absolute Gasteiger partial charge is 0.118 e. The van der Waals surface area contributed by atoms with Crippen molar-refractivity contribution >= 4 is 5.71 Å². The van der Waals surface area contributed by atoms with Crippen molar-refractivity contribution < 1.29 is 4.84 Å². The molecule has 0 aromatic carbocycles. The van der Waals surface area contributed by atoms with Crippen molar-refractivity contribution in [3.63, 3.8) is 0 Å². The molecule has 4 heteroatoms. The van der Waals surface area contributed by atoms with Gasteiger partial charge in [-0.1, -0.05) is 31.0 Å². The largest absolute Gasteiger partial charge is 0.396 e. The van der Waals surface area contributed by atoms with E-state index < -0.39 is 0 Å². The normalized spacial score (nSPS) is 24.4. The predicted octanol–water partition coefficient (Wildman–Crippen LogP) is 3.69. The van der Waals surface area contributed by atoms with Gasteiger partial charge in [-0.15, -0.1) is 0 Å². The van der Waals surface area contributed by atoms with Crippen molar-refractivity contribution in [2.24, 2.45) is 5.16 Å². The summed E-state index contributed by atoms with van der Waals surface area (Å²) in [6.45, 7) is 8.89. The Morgan fingerprint density at radius 1 is 1.09 bits per heavy atom. The molecule has 132 valence electrons. The van der Waals surface area contributed by atoms with Gasteiger partial charge in [0.05, 0.1) is 5.71 Å². The average molecular weight is 322 g/mol. The van der Waals surface area contributed by atoms with Crippen LogP contribution in [-0.4, -0.2) is 61.9 Å². The molecule has 0 aromatic rings. The van der Waals surface area contributed by atoms with E-state index in [2.05, 4.69) is 35.0 Å². The minimum atomic E-state index is 0.748. The Hall–Kier alpha value is -0.870. The summed E-state index contributed by atoms with van der Waals surface area (Å²) in [4.78, 5) is 10.6. The fraction of sp³-hybridized carbons (Fsp3) is 0.842. The van der Waals surface area contributed by atoms with E-state index >= 15 is 0 Å². The Balaban J connectivity index is 1.65. The van der Waals surface area contributed by atoms with Gasteiger partial charge >= 0.3 is 0 Å². The first-order chi connectivity index (χ1) is 11.3. The fourth-order valence-corrected chi connectivity index (χ4v) is 3.27. The molecule has 1 heterocycles. The van der Waals surface area contributed by atoms with Crippen LogP contribution in [0.2, 0.25) is 0 Å². The van der Waals surface area contributed by atoms with Gasteiger partial charge in [-0.2, -0.15) is 0 Å². The zero-order valence-electron chi connectivity index (χ0n) is 15.2. The molecule has 0 atom stereocenters. The molecule has 2 aliphatic rings. The number of piperazine rings is 1. The molecule has 0 N–H and O–H groups in total. The Morgan fingerprint density at radius 2 is 1.87 bits per heavy atom. The lowest BCUT2D eigenvalue weighted by atomic mass is 9.92. The van der Waals surface area contributed by atoms with Gasteiger partial charge in [-0.05, 0) is 51.1 Å². The van der Waals surface area contributed by atoms with E-state index in [1.54, 1.807) is 0 Å². The molecule has 4 nitrogen and oxygen atoms in total. The maximum Gasteiger partial charge on any atom is 0.118 e. The van der Waals surface area contributed by atoms with Crippen molar-refractivity contribution in [1.29, 1.82) is 0 Å². The summed E-state index contributed by atoms with van der Waals surface area (Å²) in [6, 6.07) is 0. The third-order valence-electron chi connectivity index (χ3n) is 4.91. The van der Waals surface area contributed by atoms with Gasteiger partial charge in [-0.3, -0.25) is 0 Å². The van der Waals surface area contributed by atoms with Crippen molar-refractivity contribution in [2.45, 2.75) is 58.3 Å². The lowest BCUT2D eigenvalue weighted by Gasteiger charge is -2.32. The van der Waals surface area contributed by atoms with Crippen LogP contribution in [0.3, 0.4) is 0 Å². The second-order valence-corrected chi connectivity index (χ2v) is 6.95. The molecule has 2 rings (SSSR count). The summed E-state index contributed by atoms with van der Waals surface area (Å²) in [5.41, 5.74) is 2.66. The lowest BCUT2D eigenvalue weighted by molar-refractivity contribution is 0.110. The highest BCUT2D eigenvalue weighted by atomic mass is 16.6. The van der Waals surface area contributed by atoms with Crippen molar-refractivity contribution in [3.05, 3.63) is 11.6 Å². The maximum absolute atomic E-state index is 5.63. The number of unbranched alkanes of at least 4 members (excludes halogenated alkanes) is 2. The van der Waals surface area contributed by atoms with Crippen LogP contribution < -0.4 is 0 Å². The third kappa shape index (κ3) is 7.05. The highest BCUT2D eigenvalue weighted by Gasteiger charge is 2.14. The molecule has 0 radical (unpaired) electrons. The van der Waals surface area contributed by atoms with Crippen LogP contribution >= 0.6 is 0 Å². The third-order valence-corrected chi connectivity index (χ3v) is 4.91. The van der Waals surface area contributed by atoms with Crippen LogP contribution in [0.15, 0.2) is 16.8 Å². The molecular weight excluding hydrogens is 286 g/mol. The molecule has 23 heavy (non-hydrogen) atoms. The molecule has 0 bridgehead atoms. The van der Waals surface area contributed by atoms with Crippen molar-refractivity contribution in [3.8, 4) is 0 Å². The standard InChI is InChI=1S/C19H35N3O/c1-3-4-5-9-18-10-6-7-11-19(18)20-23-17-8-12-22-15-13-21(2)14-16-22/h9H,3-8,10-17H2,1-2H3/b18-9+,20-19+. The Morgan fingerprint density at radius 3 is 2.65 bits per heavy atom. The quantitative estimate of drug-likeness (QED) is 0.504. The van der Waals surface area contributed by atoms with Gasteiger partial charge in [0.2, 0.25) is 0 Å². The molecule has 0 amide bonds. The summed E-state index contributed by atoms with van der Waals surface area (Å²) < 4.78 is 0. The first-order valence-corrected chi connectivity index (χ1v) is 9.58. The van der Waals surface area contributed by atoms with E-state index in [1.165, 1.54) is 76.0 Å². The molecule has 0 unspecified atom stereocenters. The van der Waals surface area contributed by atoms with E-state index in [1.807, 2.05) is 0 Å². The number of rotatable bonds is 8. The van der Waals surface area contributed by atoms with E-state index in [0.717, 1.165) is 26.0 Å². The summed E-state index contributed by atoms with van der Waals surface area (Å²) >= 11 is 0. The lowest BCUT2D eigenvalue weighted by Crippen LogP contribution is -2.44. The predicted molar refractivity (Wildman–Crippen MR) is 98.0 cm³/mol. The molecule has 1 aliphatic carbocycles. The van der Waals surface area contributed by atoms with Crippen LogP contribution in [0.4, 0.5) is 0 Å². The summed E-state index contributed by atoms with van der Waals surface area (Å²) in [6.07, 6.45) is 12.1. The minimum Gasteiger partial charge on any atom is -0.396 e. The fourth-order valence-electron chi connectivity index (χ4n) is 3.27. The van der Waals surface area contributed by atoms with E-state index in [0.29, 0.717) is 0 Å². The monoisotopic (exact) mass is 321 g/mol. The van der Waals surface area contributed by atoms with Crippen molar-refractivity contribution in [1.82, 2.24) is 9.80 Å². The molecule has 0 spiro atoms. The molecule has 1 saturated heterocycles. The number of hydrogen-bond donors (Lipinski definition) is 0. The number of hydrogen-bond acceptors (Lipinski definition) is 4. The van der Waals surface area contributed by atoms with Gasteiger partial charge in [0, 0.05) is 32.7 Å². The first-order valence-electron chi connectivity index (χ1n) is 9.58. The maximum atomic E-state index is 5.63. The Kier molecular flexibility index (Phi) is 8.69. The van der Waals surface area contributed by atoms with Crippen molar-refractivity contribution in [2.75, 3.05) is 46.4 Å². The van der Waals surface area contributed by atoms with Crippen LogP contribution in [-0.2, 0) is 4.84 Å². The first kappa shape index (κ1) is 18.5. The van der Waals surface area contributed by atoms with Gasteiger partial charge in [0.25, 0.3) is 0 Å². The number of nitrogens with zero attached hydrogens (tertiary/aromatic N) is 3. The van der Waals surface area contributed by atoms with Gasteiger partial charge in [0.1, 0.15) is 6.61 Å². The summed E-state index contributed by atoms with van der Waals surface area (Å²) in [5, 5.41) is 4.46. The zero-order chi connectivity index (χ0) is 16.3. The SMILES string of the molecule is CCCC/C=C1\CCCC\C1=N/OCCCN1CCN(C)CC1. The van der Waals surface area contributed by atoms with Crippen LogP contribution in [0.25, 0.3) is 0 Å². The second kappa shape index (κ2) is 10.8. The molecule has 1 saturated carbocycles. The Bertz CT molecular complexity index is 384. The van der Waals surface area contributed by atoms with E-state index in [-0.39, 0.29) is 0 Å². The highest BCUT2D eigenvalue weighted by Crippen LogP contribution is 2.22. The topological polar surface area (TPSA) is 28.1 Å². The van der Waals surface area contributed by atoms with Crippen LogP contribution in [0.5, 0.6) is 0 Å². The average Bonchev–Trinajstić information content (AvgIpc) is 2.58. The Labute approximate surface area is 142 Å². The summed E-state index contributed by atoms with van der Waals surface area (Å²) in [7, 11) is 2.20. The highest BCUT2D eigenvalue weighted by molar-refractivity contribution is 6.00. The summed E-state index contributed by atoms with van der Waals surface area (Å²) in [5.74, 6) is 0. The van der Waals surface area contributed by atoms with Gasteiger partial charge in [0.15, 0.2) is 0 Å². The molecular formula is C19H35N3O. The molecule has 2 fully saturated rings. The second-order valence-electron chi connectivity index (χ2n) is 6.95. The van der Waals surface area contributed by atoms with Crippen LogP contribution in [0, 0.1) is 0 Å². The number of likely N-dealkylation sites (N-methyl/N-ethyl adjacent to an activating group) is 1. The van der Waals surface area contributed by atoms with Gasteiger partial charge < -0.3 is 14.6 Å². The molecule has 1 aliphatic heterocycles. The minimum absolute atomic E-state index is 0.748. The van der Waals surface area contributed by atoms with E-state index in [9.17, 15) is 0 Å². The van der Waals surface area contributed by atoms with Gasteiger partial charge in [-0.25, -0.2) is 0 Å².